The van der Waals surface area contributed by atoms with Crippen LogP contribution < -0.4 is 15.1 Å². The Bertz CT molecular complexity index is 1080. The summed E-state index contributed by atoms with van der Waals surface area (Å²) in [5.74, 6) is -1.08. The molecule has 0 saturated carbocycles. The Morgan fingerprint density at radius 3 is 2.56 bits per heavy atom. The summed E-state index contributed by atoms with van der Waals surface area (Å²) < 4.78 is 14.2. The van der Waals surface area contributed by atoms with Crippen LogP contribution >= 0.6 is 11.3 Å². The molecule has 3 aromatic rings. The number of hydrogen-bond acceptors (Lipinski definition) is 5. The number of carbonyl (C=O) groups excluding carboxylic acids is 2. The second-order valence-corrected chi connectivity index (χ2v) is 7.93. The monoisotopic (exact) mass is 452 g/mol. The van der Waals surface area contributed by atoms with Gasteiger partial charge in [0.1, 0.15) is 5.82 Å². The molecule has 0 aliphatic rings. The number of halogens is 1. The normalized spacial score (nSPS) is 10.8. The standard InChI is InChI=1S/C24H25FN4O2S/c1-18(30)29(22-12-7-6-11-21(22)25)24-27-19(17-32-24)13-14-23(31)26-15-8-16-28(2)20-9-4-3-5-10-20/h3-7,9-14,17H,8,15-16H2,1-2H3,(H,26,31)/b14-13+. The Kier molecular flexibility index (Phi) is 8.10. The van der Waals surface area contributed by atoms with Gasteiger partial charge >= 0.3 is 0 Å². The molecule has 2 aromatic carbocycles. The van der Waals surface area contributed by atoms with Crippen molar-refractivity contribution < 1.29 is 14.0 Å². The first-order valence-corrected chi connectivity index (χ1v) is 11.1. The highest BCUT2D eigenvalue weighted by atomic mass is 32.1. The van der Waals surface area contributed by atoms with Gasteiger partial charge < -0.3 is 10.2 Å². The van der Waals surface area contributed by atoms with Crippen LogP contribution in [0, 0.1) is 5.82 Å². The van der Waals surface area contributed by atoms with Gasteiger partial charge in [0.15, 0.2) is 5.13 Å². The van der Waals surface area contributed by atoms with Crippen LogP contribution in [0.15, 0.2) is 66.1 Å². The lowest BCUT2D eigenvalue weighted by molar-refractivity contribution is -0.117. The van der Waals surface area contributed by atoms with Crippen molar-refractivity contribution >= 4 is 45.7 Å². The summed E-state index contributed by atoms with van der Waals surface area (Å²) in [7, 11) is 2.02. The van der Waals surface area contributed by atoms with Crippen molar-refractivity contribution in [1.82, 2.24) is 10.3 Å². The average Bonchev–Trinajstić information content (AvgIpc) is 3.25. The van der Waals surface area contributed by atoms with E-state index in [9.17, 15) is 14.0 Å². The first kappa shape index (κ1) is 23.1. The highest BCUT2D eigenvalue weighted by molar-refractivity contribution is 7.14. The smallest absolute Gasteiger partial charge is 0.244 e. The molecule has 1 N–H and O–H groups in total. The fourth-order valence-electron chi connectivity index (χ4n) is 3.06. The SMILES string of the molecule is CC(=O)N(c1nc(/C=C/C(=O)NCCCN(C)c2ccccc2)cs1)c1ccccc1F. The minimum atomic E-state index is -0.507. The van der Waals surface area contributed by atoms with Crippen LogP contribution in [-0.2, 0) is 9.59 Å². The van der Waals surface area contributed by atoms with Gasteiger partial charge in [0.05, 0.1) is 11.4 Å². The van der Waals surface area contributed by atoms with E-state index in [1.54, 1.807) is 23.6 Å². The molecule has 2 amide bonds. The Morgan fingerprint density at radius 2 is 1.84 bits per heavy atom. The number of aromatic nitrogens is 1. The molecule has 0 unspecified atom stereocenters. The third kappa shape index (κ3) is 6.24. The average molecular weight is 453 g/mol. The van der Waals surface area contributed by atoms with Crippen molar-refractivity contribution in [3.8, 4) is 0 Å². The lowest BCUT2D eigenvalue weighted by Gasteiger charge is -2.19. The molecule has 6 nitrogen and oxygen atoms in total. The highest BCUT2D eigenvalue weighted by Gasteiger charge is 2.20. The van der Waals surface area contributed by atoms with E-state index < -0.39 is 5.82 Å². The van der Waals surface area contributed by atoms with E-state index >= 15 is 0 Å². The largest absolute Gasteiger partial charge is 0.375 e. The van der Waals surface area contributed by atoms with E-state index in [4.69, 9.17) is 0 Å². The van der Waals surface area contributed by atoms with E-state index in [2.05, 4.69) is 15.2 Å². The molecule has 0 fully saturated rings. The van der Waals surface area contributed by atoms with Gasteiger partial charge in [-0.2, -0.15) is 0 Å². The molecule has 0 saturated heterocycles. The molecule has 8 heteroatoms. The number of thiazole rings is 1. The van der Waals surface area contributed by atoms with Gasteiger partial charge in [0.2, 0.25) is 11.8 Å². The number of hydrogen-bond donors (Lipinski definition) is 1. The molecule has 166 valence electrons. The molecule has 1 aromatic heterocycles. The van der Waals surface area contributed by atoms with Crippen LogP contribution in [0.5, 0.6) is 0 Å². The molecule has 0 atom stereocenters. The number of nitrogens with zero attached hydrogens (tertiary/aromatic N) is 3. The number of rotatable bonds is 9. The molecule has 0 radical (unpaired) electrons. The first-order valence-electron chi connectivity index (χ1n) is 10.2. The molecule has 3 rings (SSSR count). The summed E-state index contributed by atoms with van der Waals surface area (Å²) in [5.41, 5.74) is 1.79. The lowest BCUT2D eigenvalue weighted by atomic mass is 10.3. The first-order chi connectivity index (χ1) is 15.5. The van der Waals surface area contributed by atoms with Gasteiger partial charge in [0, 0.05) is 44.2 Å². The summed E-state index contributed by atoms with van der Waals surface area (Å²) in [6, 6.07) is 16.1. The maximum atomic E-state index is 14.2. The lowest BCUT2D eigenvalue weighted by Crippen LogP contribution is -2.26. The molecule has 0 aliphatic carbocycles. The molecule has 1 heterocycles. The van der Waals surface area contributed by atoms with Gasteiger partial charge in [-0.3, -0.25) is 14.5 Å². The van der Waals surface area contributed by atoms with Gasteiger partial charge in [-0.1, -0.05) is 30.3 Å². The molecular formula is C24H25FN4O2S. The van der Waals surface area contributed by atoms with Gasteiger partial charge in [-0.05, 0) is 36.8 Å². The predicted octanol–water partition coefficient (Wildman–Crippen LogP) is 4.62. The number of amides is 2. The number of carbonyl (C=O) groups is 2. The molecular weight excluding hydrogens is 427 g/mol. The van der Waals surface area contributed by atoms with Crippen molar-refractivity contribution in [2.75, 3.05) is 29.9 Å². The van der Waals surface area contributed by atoms with Crippen LogP contribution in [0.4, 0.5) is 20.9 Å². The third-order valence-electron chi connectivity index (χ3n) is 4.68. The van der Waals surface area contributed by atoms with Crippen molar-refractivity contribution in [2.24, 2.45) is 0 Å². The fourth-order valence-corrected chi connectivity index (χ4v) is 3.90. The van der Waals surface area contributed by atoms with E-state index in [1.807, 2.05) is 37.4 Å². The minimum Gasteiger partial charge on any atom is -0.375 e. The Hall–Kier alpha value is -3.52. The summed E-state index contributed by atoms with van der Waals surface area (Å²) in [5, 5.41) is 4.90. The predicted molar refractivity (Wildman–Crippen MR) is 128 cm³/mol. The summed E-state index contributed by atoms with van der Waals surface area (Å²) in [6.45, 7) is 2.72. The highest BCUT2D eigenvalue weighted by Crippen LogP contribution is 2.30. The quantitative estimate of drug-likeness (QED) is 0.380. The number of nitrogens with one attached hydrogen (secondary N) is 1. The van der Waals surface area contributed by atoms with Crippen LogP contribution in [0.1, 0.15) is 19.0 Å². The zero-order valence-corrected chi connectivity index (χ0v) is 18.8. The summed E-state index contributed by atoms with van der Waals surface area (Å²) in [4.78, 5) is 31.9. The third-order valence-corrected chi connectivity index (χ3v) is 5.53. The zero-order valence-electron chi connectivity index (χ0n) is 18.0. The van der Waals surface area contributed by atoms with E-state index in [1.165, 1.54) is 41.4 Å². The van der Waals surface area contributed by atoms with Crippen LogP contribution in [-0.4, -0.2) is 36.9 Å². The maximum absolute atomic E-state index is 14.2. The number of benzene rings is 2. The van der Waals surface area contributed by atoms with E-state index in [0.717, 1.165) is 18.7 Å². The minimum absolute atomic E-state index is 0.142. The van der Waals surface area contributed by atoms with Gasteiger partial charge in [0.25, 0.3) is 0 Å². The Labute approximate surface area is 191 Å². The van der Waals surface area contributed by atoms with Crippen LogP contribution in [0.25, 0.3) is 6.08 Å². The topological polar surface area (TPSA) is 65.5 Å². The molecule has 0 bridgehead atoms. The summed E-state index contributed by atoms with van der Waals surface area (Å²) in [6.07, 6.45) is 3.79. The molecule has 32 heavy (non-hydrogen) atoms. The second-order valence-electron chi connectivity index (χ2n) is 7.10. The van der Waals surface area contributed by atoms with Crippen molar-refractivity contribution in [2.45, 2.75) is 13.3 Å². The number of anilines is 3. The van der Waals surface area contributed by atoms with Crippen LogP contribution in [0.2, 0.25) is 0 Å². The Morgan fingerprint density at radius 1 is 1.12 bits per heavy atom. The molecule has 0 spiro atoms. The number of para-hydroxylation sites is 2. The second kappa shape index (κ2) is 11.2. The van der Waals surface area contributed by atoms with Gasteiger partial charge in [-0.25, -0.2) is 9.37 Å². The van der Waals surface area contributed by atoms with E-state index in [-0.39, 0.29) is 17.5 Å². The Balaban J connectivity index is 1.52. The van der Waals surface area contributed by atoms with Crippen LogP contribution in [0.3, 0.4) is 0 Å². The fraction of sp³-hybridized carbons (Fsp3) is 0.208. The van der Waals surface area contributed by atoms with Crippen molar-refractivity contribution in [3.63, 3.8) is 0 Å². The summed E-state index contributed by atoms with van der Waals surface area (Å²) >= 11 is 1.20. The van der Waals surface area contributed by atoms with Crippen molar-refractivity contribution in [1.29, 1.82) is 0 Å². The zero-order chi connectivity index (χ0) is 22.9. The van der Waals surface area contributed by atoms with Gasteiger partial charge in [-0.15, -0.1) is 11.3 Å². The van der Waals surface area contributed by atoms with E-state index in [0.29, 0.717) is 17.4 Å². The maximum Gasteiger partial charge on any atom is 0.244 e. The molecule has 0 aliphatic heterocycles. The van der Waals surface area contributed by atoms with Crippen molar-refractivity contribution in [3.05, 3.63) is 77.6 Å².